The molecule has 0 aliphatic heterocycles. The number of methoxy groups -OCH3 is 1. The molecule has 0 bridgehead atoms. The second-order valence-corrected chi connectivity index (χ2v) is 10.3. The van der Waals surface area contributed by atoms with Crippen molar-refractivity contribution < 1.29 is 30.8 Å². The number of pyridine rings is 1. The lowest BCUT2D eigenvalue weighted by atomic mass is 10.0. The number of rotatable bonds is 6. The van der Waals surface area contributed by atoms with Crippen LogP contribution in [0.3, 0.4) is 0 Å². The van der Waals surface area contributed by atoms with Crippen LogP contribution in [-0.2, 0) is 10.0 Å². The average Bonchev–Trinajstić information content (AvgIpc) is 3.48. The Morgan fingerprint density at radius 2 is 1.92 bits per heavy atom. The first-order chi connectivity index (χ1) is 17.0. The SMILES string of the molecule is COc1cc([C@@H]2C[C@H]2C(F)(F)F)c(C)cc1-n1c(=O)ccc2cc(S(=O)(=O)Nc3ccon3)ccc21. The second kappa shape index (κ2) is 8.40. The van der Waals surface area contributed by atoms with Gasteiger partial charge in [0, 0.05) is 17.5 Å². The van der Waals surface area contributed by atoms with Gasteiger partial charge in [-0.2, -0.15) is 13.2 Å². The van der Waals surface area contributed by atoms with Crippen LogP contribution in [-0.4, -0.2) is 31.4 Å². The summed E-state index contributed by atoms with van der Waals surface area (Å²) in [5, 5.41) is 3.98. The Labute approximate surface area is 203 Å². The van der Waals surface area contributed by atoms with E-state index in [9.17, 15) is 26.4 Å². The van der Waals surface area contributed by atoms with Crippen LogP contribution in [0.5, 0.6) is 5.75 Å². The van der Waals surface area contributed by atoms with Crippen LogP contribution in [0.2, 0.25) is 0 Å². The fraction of sp³-hybridized carbons (Fsp3) is 0.250. The van der Waals surface area contributed by atoms with Gasteiger partial charge in [0.25, 0.3) is 15.6 Å². The van der Waals surface area contributed by atoms with Crippen molar-refractivity contribution in [3.8, 4) is 11.4 Å². The minimum absolute atomic E-state index is 0.0146. The number of halogens is 3. The van der Waals surface area contributed by atoms with Gasteiger partial charge in [-0.1, -0.05) is 5.16 Å². The number of aryl methyl sites for hydroxylation is 1. The number of hydrogen-bond acceptors (Lipinski definition) is 6. The predicted molar refractivity (Wildman–Crippen MR) is 125 cm³/mol. The van der Waals surface area contributed by atoms with E-state index in [0.29, 0.717) is 27.7 Å². The van der Waals surface area contributed by atoms with E-state index < -0.39 is 33.6 Å². The Balaban J connectivity index is 1.59. The Bertz CT molecular complexity index is 1630. The van der Waals surface area contributed by atoms with Gasteiger partial charge in [0.2, 0.25) is 0 Å². The van der Waals surface area contributed by atoms with Crippen molar-refractivity contribution in [2.24, 2.45) is 5.92 Å². The first kappa shape index (κ1) is 23.9. The molecule has 12 heteroatoms. The van der Waals surface area contributed by atoms with E-state index in [0.717, 1.165) is 0 Å². The molecule has 36 heavy (non-hydrogen) atoms. The number of ether oxygens (including phenoxy) is 1. The van der Waals surface area contributed by atoms with E-state index in [1.807, 2.05) is 0 Å². The van der Waals surface area contributed by atoms with Crippen LogP contribution in [0.1, 0.15) is 23.5 Å². The average molecular weight is 520 g/mol. The van der Waals surface area contributed by atoms with Gasteiger partial charge in [0.15, 0.2) is 5.82 Å². The molecule has 2 aromatic carbocycles. The molecule has 188 valence electrons. The molecule has 0 saturated heterocycles. The van der Waals surface area contributed by atoms with Gasteiger partial charge in [-0.3, -0.25) is 14.1 Å². The van der Waals surface area contributed by atoms with E-state index in [4.69, 9.17) is 4.74 Å². The molecule has 0 unspecified atom stereocenters. The maximum Gasteiger partial charge on any atom is 0.392 e. The summed E-state index contributed by atoms with van der Waals surface area (Å²) in [5.41, 5.74) is 1.45. The third-order valence-electron chi connectivity index (χ3n) is 6.27. The first-order valence-corrected chi connectivity index (χ1v) is 12.3. The van der Waals surface area contributed by atoms with Crippen LogP contribution >= 0.6 is 0 Å². The molecule has 2 heterocycles. The number of nitrogens with zero attached hydrogens (tertiary/aromatic N) is 2. The standard InChI is InChI=1S/C24H20F3N3O5S/c1-13-9-20(21(34-2)12-16(13)17-11-18(17)24(25,26)27)30-19-5-4-15(10-14(19)3-6-23(30)31)36(32,33)29-22-7-8-35-28-22/h3-10,12,17-18H,11H2,1-2H3,(H,28,29)/t17-,18+/m0/s1. The van der Waals surface area contributed by atoms with Crippen molar-refractivity contribution in [2.45, 2.75) is 30.3 Å². The summed E-state index contributed by atoms with van der Waals surface area (Å²) in [7, 11) is -2.61. The van der Waals surface area contributed by atoms with E-state index >= 15 is 0 Å². The normalized spacial score (nSPS) is 17.8. The Morgan fingerprint density at radius 3 is 2.56 bits per heavy atom. The van der Waals surface area contributed by atoms with Gasteiger partial charge in [0.1, 0.15) is 12.0 Å². The molecule has 0 radical (unpaired) electrons. The second-order valence-electron chi connectivity index (χ2n) is 8.59. The molecule has 1 saturated carbocycles. The van der Waals surface area contributed by atoms with Crippen LogP contribution < -0.4 is 15.0 Å². The lowest BCUT2D eigenvalue weighted by Crippen LogP contribution is -2.19. The summed E-state index contributed by atoms with van der Waals surface area (Å²) < 4.78 is 78.7. The smallest absolute Gasteiger partial charge is 0.392 e. The summed E-state index contributed by atoms with van der Waals surface area (Å²) >= 11 is 0. The maximum atomic E-state index is 13.2. The number of aromatic nitrogens is 2. The number of nitrogens with one attached hydrogen (secondary N) is 1. The number of fused-ring (bicyclic) bond motifs is 1. The minimum Gasteiger partial charge on any atom is -0.495 e. The summed E-state index contributed by atoms with van der Waals surface area (Å²) in [6.07, 6.45) is -3.03. The highest BCUT2D eigenvalue weighted by molar-refractivity contribution is 7.92. The van der Waals surface area contributed by atoms with E-state index in [1.54, 1.807) is 19.1 Å². The highest BCUT2D eigenvalue weighted by Crippen LogP contribution is 2.57. The zero-order chi connectivity index (χ0) is 25.8. The molecule has 0 spiro atoms. The van der Waals surface area contributed by atoms with Crippen molar-refractivity contribution in [2.75, 3.05) is 11.8 Å². The number of benzene rings is 2. The van der Waals surface area contributed by atoms with Gasteiger partial charge in [0.05, 0.1) is 29.1 Å². The quantitative estimate of drug-likeness (QED) is 0.394. The van der Waals surface area contributed by atoms with Crippen molar-refractivity contribution in [3.63, 3.8) is 0 Å². The molecule has 1 aliphatic rings. The van der Waals surface area contributed by atoms with Crippen LogP contribution in [0.15, 0.2) is 69.0 Å². The van der Waals surface area contributed by atoms with Gasteiger partial charge in [-0.25, -0.2) is 8.42 Å². The van der Waals surface area contributed by atoms with Gasteiger partial charge in [-0.05, 0) is 66.8 Å². The largest absolute Gasteiger partial charge is 0.495 e. The fourth-order valence-electron chi connectivity index (χ4n) is 4.43. The highest BCUT2D eigenvalue weighted by Gasteiger charge is 2.56. The molecular formula is C24H20F3N3O5S. The van der Waals surface area contributed by atoms with Crippen molar-refractivity contribution in [3.05, 3.63) is 76.3 Å². The Kier molecular flexibility index (Phi) is 5.58. The summed E-state index contributed by atoms with van der Waals surface area (Å²) in [4.78, 5) is 12.9. The van der Waals surface area contributed by atoms with Crippen LogP contribution in [0, 0.1) is 12.8 Å². The van der Waals surface area contributed by atoms with Crippen molar-refractivity contribution in [1.29, 1.82) is 0 Å². The third kappa shape index (κ3) is 4.21. The molecule has 2 aromatic heterocycles. The van der Waals surface area contributed by atoms with Gasteiger partial charge in [-0.15, -0.1) is 0 Å². The molecule has 1 aliphatic carbocycles. The predicted octanol–water partition coefficient (Wildman–Crippen LogP) is 4.76. The molecule has 2 atom stereocenters. The molecule has 1 N–H and O–H groups in total. The van der Waals surface area contributed by atoms with Crippen LogP contribution in [0.4, 0.5) is 19.0 Å². The summed E-state index contributed by atoms with van der Waals surface area (Å²) in [6.45, 7) is 1.69. The topological polar surface area (TPSA) is 103 Å². The minimum atomic E-state index is -4.27. The molecular weight excluding hydrogens is 499 g/mol. The monoisotopic (exact) mass is 519 g/mol. The molecule has 0 amide bonds. The highest BCUT2D eigenvalue weighted by atomic mass is 32.2. The zero-order valence-corrected chi connectivity index (χ0v) is 19.9. The molecule has 5 rings (SSSR count). The maximum absolute atomic E-state index is 13.2. The van der Waals surface area contributed by atoms with Crippen molar-refractivity contribution >= 4 is 26.7 Å². The Hall–Kier alpha value is -3.80. The number of alkyl halides is 3. The lowest BCUT2D eigenvalue weighted by molar-refractivity contribution is -0.148. The third-order valence-corrected chi connectivity index (χ3v) is 7.62. The van der Waals surface area contributed by atoms with E-state index in [1.165, 1.54) is 54.3 Å². The van der Waals surface area contributed by atoms with Gasteiger partial charge < -0.3 is 9.26 Å². The fourth-order valence-corrected chi connectivity index (χ4v) is 5.46. The summed E-state index contributed by atoms with van der Waals surface area (Å²) in [6, 6.07) is 11.5. The zero-order valence-electron chi connectivity index (χ0n) is 19.0. The first-order valence-electron chi connectivity index (χ1n) is 10.8. The molecule has 4 aromatic rings. The molecule has 8 nitrogen and oxygen atoms in total. The van der Waals surface area contributed by atoms with E-state index in [2.05, 4.69) is 14.4 Å². The lowest BCUT2D eigenvalue weighted by Gasteiger charge is -2.18. The van der Waals surface area contributed by atoms with E-state index in [-0.39, 0.29) is 22.9 Å². The number of sulfonamides is 1. The van der Waals surface area contributed by atoms with Gasteiger partial charge >= 0.3 is 6.18 Å². The van der Waals surface area contributed by atoms with Crippen LogP contribution in [0.25, 0.3) is 16.6 Å². The number of anilines is 1. The summed E-state index contributed by atoms with van der Waals surface area (Å²) in [5.74, 6) is -1.79. The number of hydrogen-bond donors (Lipinski definition) is 1. The molecule has 1 fully saturated rings. The Morgan fingerprint density at radius 1 is 1.14 bits per heavy atom. The van der Waals surface area contributed by atoms with Crippen molar-refractivity contribution in [1.82, 2.24) is 9.72 Å².